The number of carbonyl (C=O) groups is 1. The topological polar surface area (TPSA) is 53.2 Å². The van der Waals surface area contributed by atoms with Crippen molar-refractivity contribution in [3.63, 3.8) is 0 Å². The van der Waals surface area contributed by atoms with Crippen LogP contribution < -0.4 is 16.0 Å². The highest BCUT2D eigenvalue weighted by Gasteiger charge is 2.06. The van der Waals surface area contributed by atoms with E-state index in [1.807, 2.05) is 48.5 Å². The molecule has 4 nitrogen and oxygen atoms in total. The molecule has 0 saturated carbocycles. The molecule has 0 aliphatic rings. The minimum Gasteiger partial charge on any atom is -0.362 e. The summed E-state index contributed by atoms with van der Waals surface area (Å²) in [6, 6.07) is 15.5. The molecule has 2 rings (SSSR count). The molecule has 0 fully saturated rings. The Labute approximate surface area is 169 Å². The summed E-state index contributed by atoms with van der Waals surface area (Å²) in [6.45, 7) is 2.90. The minimum atomic E-state index is -0.120. The van der Waals surface area contributed by atoms with Crippen LogP contribution in [0.15, 0.2) is 53.4 Å². The van der Waals surface area contributed by atoms with Gasteiger partial charge in [-0.25, -0.2) is 0 Å². The van der Waals surface area contributed by atoms with E-state index in [2.05, 4.69) is 22.9 Å². The Morgan fingerprint density at radius 2 is 1.85 bits per heavy atom. The Hall–Kier alpha value is -1.76. The first-order valence-corrected chi connectivity index (χ1v) is 10.1. The molecule has 0 radical (unpaired) electrons. The quantitative estimate of drug-likeness (QED) is 0.349. The third kappa shape index (κ3) is 7.23. The molecular weight excluding hydrogens is 386 g/mol. The lowest BCUT2D eigenvalue weighted by atomic mass is 10.1. The van der Waals surface area contributed by atoms with E-state index in [0.29, 0.717) is 11.7 Å². The number of rotatable bonds is 8. The van der Waals surface area contributed by atoms with Crippen molar-refractivity contribution >= 4 is 52.3 Å². The number of anilines is 1. The van der Waals surface area contributed by atoms with E-state index in [0.717, 1.165) is 33.3 Å². The highest BCUT2D eigenvalue weighted by Crippen LogP contribution is 2.19. The van der Waals surface area contributed by atoms with Crippen LogP contribution in [0.25, 0.3) is 0 Å². The van der Waals surface area contributed by atoms with E-state index >= 15 is 0 Å². The van der Waals surface area contributed by atoms with Crippen molar-refractivity contribution in [1.29, 1.82) is 0 Å². The van der Waals surface area contributed by atoms with Crippen LogP contribution in [0.4, 0.5) is 5.69 Å². The molecule has 7 heteroatoms. The van der Waals surface area contributed by atoms with Crippen LogP contribution in [0.3, 0.4) is 0 Å². The summed E-state index contributed by atoms with van der Waals surface area (Å²) < 4.78 is 0. The number of aryl methyl sites for hydroxylation is 1. The smallest absolute Gasteiger partial charge is 0.243 e. The Morgan fingerprint density at radius 1 is 1.12 bits per heavy atom. The molecule has 0 aromatic heterocycles. The summed E-state index contributed by atoms with van der Waals surface area (Å²) in [5.74, 6) is 0.741. The van der Waals surface area contributed by atoms with Crippen LogP contribution in [0, 0.1) is 0 Å². The summed E-state index contributed by atoms with van der Waals surface area (Å²) in [5, 5.41) is 10.1. The Bertz CT molecular complexity index is 738. The molecule has 0 saturated heterocycles. The van der Waals surface area contributed by atoms with Crippen molar-refractivity contribution in [1.82, 2.24) is 10.6 Å². The number of thioether (sulfide) groups is 1. The standard InChI is InChI=1S/C19H22ClN3OS2/c1-2-14-5-3-4-6-17(14)23-18(24)13-22-19(25)21-11-12-26-16-9-7-15(20)8-10-16/h3-10H,2,11-13H2,1H3,(H,23,24)(H2,21,22,25). The van der Waals surface area contributed by atoms with E-state index in [-0.39, 0.29) is 12.5 Å². The summed E-state index contributed by atoms with van der Waals surface area (Å²) in [4.78, 5) is 13.2. The van der Waals surface area contributed by atoms with Gasteiger partial charge in [-0.1, -0.05) is 36.7 Å². The van der Waals surface area contributed by atoms with Crippen LogP contribution >= 0.6 is 35.6 Å². The van der Waals surface area contributed by atoms with Crippen LogP contribution in [-0.4, -0.2) is 29.9 Å². The van der Waals surface area contributed by atoms with E-state index in [1.165, 1.54) is 0 Å². The number of halogens is 1. The monoisotopic (exact) mass is 407 g/mol. The van der Waals surface area contributed by atoms with E-state index < -0.39 is 0 Å². The van der Waals surface area contributed by atoms with Gasteiger partial charge in [0.1, 0.15) is 0 Å². The van der Waals surface area contributed by atoms with Gasteiger partial charge in [0.15, 0.2) is 5.11 Å². The normalized spacial score (nSPS) is 10.2. The molecule has 26 heavy (non-hydrogen) atoms. The Kier molecular flexibility index (Phi) is 8.74. The molecule has 0 heterocycles. The minimum absolute atomic E-state index is 0.120. The Morgan fingerprint density at radius 3 is 2.58 bits per heavy atom. The zero-order valence-electron chi connectivity index (χ0n) is 14.5. The third-order valence-electron chi connectivity index (χ3n) is 3.55. The van der Waals surface area contributed by atoms with Crippen molar-refractivity contribution in [3.05, 3.63) is 59.1 Å². The van der Waals surface area contributed by atoms with Crippen LogP contribution in [0.1, 0.15) is 12.5 Å². The van der Waals surface area contributed by atoms with Crippen molar-refractivity contribution in [3.8, 4) is 0 Å². The predicted molar refractivity (Wildman–Crippen MR) is 115 cm³/mol. The number of hydrogen-bond acceptors (Lipinski definition) is 3. The van der Waals surface area contributed by atoms with Crippen LogP contribution in [0.2, 0.25) is 5.02 Å². The highest BCUT2D eigenvalue weighted by molar-refractivity contribution is 7.99. The highest BCUT2D eigenvalue weighted by atomic mass is 35.5. The zero-order chi connectivity index (χ0) is 18.8. The van der Waals surface area contributed by atoms with Gasteiger partial charge in [-0.05, 0) is 54.5 Å². The largest absolute Gasteiger partial charge is 0.362 e. The third-order valence-corrected chi connectivity index (χ3v) is 5.11. The van der Waals surface area contributed by atoms with Gasteiger partial charge in [-0.2, -0.15) is 0 Å². The van der Waals surface area contributed by atoms with Crippen LogP contribution in [-0.2, 0) is 11.2 Å². The number of hydrogen-bond donors (Lipinski definition) is 3. The van der Waals surface area contributed by atoms with Gasteiger partial charge in [0, 0.05) is 27.9 Å². The lowest BCUT2D eigenvalue weighted by molar-refractivity contribution is -0.115. The fourth-order valence-corrected chi connectivity index (χ4v) is 3.30. The maximum Gasteiger partial charge on any atom is 0.243 e. The van der Waals surface area contributed by atoms with Gasteiger partial charge >= 0.3 is 0 Å². The van der Waals surface area contributed by atoms with E-state index in [9.17, 15) is 4.79 Å². The second-order valence-corrected chi connectivity index (χ2v) is 7.48. The second kappa shape index (κ2) is 11.1. The first-order chi connectivity index (χ1) is 12.6. The number of nitrogens with one attached hydrogen (secondary N) is 3. The SMILES string of the molecule is CCc1ccccc1NC(=O)CNC(=S)NCCSc1ccc(Cl)cc1. The number of carbonyl (C=O) groups excluding carboxylic acids is 1. The second-order valence-electron chi connectivity index (χ2n) is 5.47. The van der Waals surface area contributed by atoms with Crippen LogP contribution in [0.5, 0.6) is 0 Å². The van der Waals surface area contributed by atoms with Crippen molar-refractivity contribution in [2.75, 3.05) is 24.2 Å². The maximum absolute atomic E-state index is 12.1. The molecule has 3 N–H and O–H groups in total. The fourth-order valence-electron chi connectivity index (χ4n) is 2.23. The molecule has 1 amide bonds. The van der Waals surface area contributed by atoms with Gasteiger partial charge in [0.25, 0.3) is 0 Å². The first kappa shape index (κ1) is 20.6. The molecule has 0 atom stereocenters. The molecule has 0 unspecified atom stereocenters. The van der Waals surface area contributed by atoms with E-state index in [1.54, 1.807) is 11.8 Å². The van der Waals surface area contributed by atoms with E-state index in [4.69, 9.17) is 23.8 Å². The van der Waals surface area contributed by atoms with Crippen molar-refractivity contribution < 1.29 is 4.79 Å². The molecule has 0 bridgehead atoms. The lowest BCUT2D eigenvalue weighted by Crippen LogP contribution is -2.40. The summed E-state index contributed by atoms with van der Waals surface area (Å²) in [7, 11) is 0. The molecule has 0 spiro atoms. The number of para-hydroxylation sites is 1. The predicted octanol–water partition coefficient (Wildman–Crippen LogP) is 4.10. The maximum atomic E-state index is 12.1. The molecular formula is C19H22ClN3OS2. The molecule has 138 valence electrons. The van der Waals surface area contributed by atoms with Crippen molar-refractivity contribution in [2.45, 2.75) is 18.2 Å². The molecule has 2 aromatic rings. The Balaban J connectivity index is 1.63. The average molecular weight is 408 g/mol. The number of amides is 1. The first-order valence-electron chi connectivity index (χ1n) is 8.36. The zero-order valence-corrected chi connectivity index (χ0v) is 16.9. The number of benzene rings is 2. The summed E-state index contributed by atoms with van der Waals surface area (Å²) in [6.07, 6.45) is 0.870. The summed E-state index contributed by atoms with van der Waals surface area (Å²) in [5.41, 5.74) is 1.96. The van der Waals surface area contributed by atoms with Gasteiger partial charge in [-0.3, -0.25) is 4.79 Å². The number of thiocarbonyl (C=S) groups is 1. The fraction of sp³-hybridized carbons (Fsp3) is 0.263. The summed E-state index contributed by atoms with van der Waals surface area (Å²) >= 11 is 12.8. The van der Waals surface area contributed by atoms with Crippen molar-refractivity contribution in [2.24, 2.45) is 0 Å². The molecule has 2 aromatic carbocycles. The van der Waals surface area contributed by atoms with Gasteiger partial charge in [0.2, 0.25) is 5.91 Å². The molecule has 0 aliphatic carbocycles. The lowest BCUT2D eigenvalue weighted by Gasteiger charge is -2.12. The van der Waals surface area contributed by atoms with Gasteiger partial charge < -0.3 is 16.0 Å². The van der Waals surface area contributed by atoms with Gasteiger partial charge in [-0.15, -0.1) is 11.8 Å². The van der Waals surface area contributed by atoms with Gasteiger partial charge in [0.05, 0.1) is 6.54 Å². The average Bonchev–Trinajstić information content (AvgIpc) is 2.65. The molecule has 0 aliphatic heterocycles.